The molecule has 3 aromatic rings. The van der Waals surface area contributed by atoms with Crippen LogP contribution in [0.4, 0.5) is 0 Å². The van der Waals surface area contributed by atoms with E-state index in [0.29, 0.717) is 10.9 Å². The summed E-state index contributed by atoms with van der Waals surface area (Å²) in [6, 6.07) is 12.0. The fraction of sp³-hybridized carbons (Fsp3) is 0.188. The van der Waals surface area contributed by atoms with Crippen LogP contribution in [-0.4, -0.2) is 9.55 Å². The Hall–Kier alpha value is -1.03. The number of halogens is 3. The predicted molar refractivity (Wildman–Crippen MR) is 92.7 cm³/mol. The molecule has 1 aromatic heterocycles. The number of alkyl halides is 1. The van der Waals surface area contributed by atoms with E-state index in [2.05, 4.69) is 44.5 Å². The van der Waals surface area contributed by atoms with Crippen LogP contribution in [0.3, 0.4) is 0 Å². The van der Waals surface area contributed by atoms with Gasteiger partial charge in [-0.3, -0.25) is 4.57 Å². The third-order valence-electron chi connectivity index (χ3n) is 3.49. The van der Waals surface area contributed by atoms with E-state index in [0.717, 1.165) is 33.4 Å². The summed E-state index contributed by atoms with van der Waals surface area (Å²) in [5, 5.41) is 0.646. The van der Waals surface area contributed by atoms with Crippen LogP contribution in [0.1, 0.15) is 18.3 Å². The molecule has 108 valence electrons. The van der Waals surface area contributed by atoms with E-state index in [4.69, 9.17) is 23.2 Å². The maximum absolute atomic E-state index is 6.26. The van der Waals surface area contributed by atoms with Gasteiger partial charge in [0.15, 0.2) is 0 Å². The number of imidazole rings is 1. The highest BCUT2D eigenvalue weighted by Gasteiger charge is 2.15. The second-order valence-electron chi connectivity index (χ2n) is 4.73. The van der Waals surface area contributed by atoms with Gasteiger partial charge in [-0.15, -0.1) is 11.6 Å². The quantitative estimate of drug-likeness (QED) is 0.527. The van der Waals surface area contributed by atoms with Crippen molar-refractivity contribution in [3.63, 3.8) is 0 Å². The van der Waals surface area contributed by atoms with Gasteiger partial charge in [0.05, 0.1) is 22.1 Å². The summed E-state index contributed by atoms with van der Waals surface area (Å²) in [4.78, 5) is 4.59. The first-order valence-corrected chi connectivity index (χ1v) is 8.37. The molecule has 0 N–H and O–H groups in total. The summed E-state index contributed by atoms with van der Waals surface area (Å²) in [6.45, 7) is 2.14. The minimum atomic E-state index is 0.338. The molecule has 0 saturated carbocycles. The van der Waals surface area contributed by atoms with E-state index >= 15 is 0 Å². The lowest BCUT2D eigenvalue weighted by molar-refractivity contribution is 0.954. The highest BCUT2D eigenvalue weighted by molar-refractivity contribution is 9.10. The van der Waals surface area contributed by atoms with Gasteiger partial charge in [0, 0.05) is 4.47 Å². The third kappa shape index (κ3) is 2.59. The molecule has 1 heterocycles. The second kappa shape index (κ2) is 5.99. The summed E-state index contributed by atoms with van der Waals surface area (Å²) < 4.78 is 3.16. The number of aryl methyl sites for hydroxylation is 1. The van der Waals surface area contributed by atoms with Crippen LogP contribution in [0.2, 0.25) is 5.02 Å². The summed E-state index contributed by atoms with van der Waals surface area (Å²) in [7, 11) is 0. The van der Waals surface area contributed by atoms with Crippen LogP contribution in [0, 0.1) is 0 Å². The lowest BCUT2D eigenvalue weighted by atomic mass is 10.1. The zero-order valence-corrected chi connectivity index (χ0v) is 14.5. The molecule has 0 unspecified atom stereocenters. The van der Waals surface area contributed by atoms with Crippen LogP contribution in [0.5, 0.6) is 0 Å². The molecule has 21 heavy (non-hydrogen) atoms. The van der Waals surface area contributed by atoms with Gasteiger partial charge in [0.1, 0.15) is 11.3 Å². The van der Waals surface area contributed by atoms with Gasteiger partial charge in [0.2, 0.25) is 0 Å². The number of aromatic nitrogens is 2. The topological polar surface area (TPSA) is 17.8 Å². The van der Waals surface area contributed by atoms with E-state index in [1.54, 1.807) is 0 Å². The van der Waals surface area contributed by atoms with Gasteiger partial charge < -0.3 is 0 Å². The number of hydrogen-bond acceptors (Lipinski definition) is 1. The van der Waals surface area contributed by atoms with Gasteiger partial charge in [-0.25, -0.2) is 4.98 Å². The molecular weight excluding hydrogens is 371 g/mol. The number of rotatable bonds is 3. The van der Waals surface area contributed by atoms with Crippen LogP contribution in [0.15, 0.2) is 40.9 Å². The van der Waals surface area contributed by atoms with E-state index in [1.165, 1.54) is 5.56 Å². The fourth-order valence-electron chi connectivity index (χ4n) is 2.53. The first kappa shape index (κ1) is 14.9. The highest BCUT2D eigenvalue weighted by atomic mass is 79.9. The number of hydrogen-bond donors (Lipinski definition) is 0. The Labute approximate surface area is 141 Å². The third-order valence-corrected chi connectivity index (χ3v) is 4.53. The summed E-state index contributed by atoms with van der Waals surface area (Å²) in [6.07, 6.45) is 0.927. The van der Waals surface area contributed by atoms with Crippen molar-refractivity contribution in [2.24, 2.45) is 0 Å². The van der Waals surface area contributed by atoms with Crippen molar-refractivity contribution in [2.75, 3.05) is 0 Å². The van der Waals surface area contributed by atoms with Crippen LogP contribution >= 0.6 is 39.1 Å². The van der Waals surface area contributed by atoms with Crippen molar-refractivity contribution >= 4 is 50.2 Å². The molecule has 0 atom stereocenters. The fourth-order valence-corrected chi connectivity index (χ4v) is 3.33. The van der Waals surface area contributed by atoms with Crippen molar-refractivity contribution in [3.8, 4) is 5.69 Å². The minimum Gasteiger partial charge on any atom is -0.295 e. The molecule has 0 bridgehead atoms. The molecule has 0 aliphatic rings. The molecule has 0 aliphatic carbocycles. The number of para-hydroxylation sites is 1. The largest absolute Gasteiger partial charge is 0.295 e. The summed E-state index contributed by atoms with van der Waals surface area (Å²) in [5.41, 5.74) is 4.10. The maximum Gasteiger partial charge on any atom is 0.129 e. The molecule has 0 radical (unpaired) electrons. The SMILES string of the molecule is CCc1cc(Br)ccc1-n1c(CCl)nc2c(Cl)cccc21. The van der Waals surface area contributed by atoms with Gasteiger partial charge >= 0.3 is 0 Å². The van der Waals surface area contributed by atoms with E-state index in [-0.39, 0.29) is 0 Å². The number of benzene rings is 2. The summed E-state index contributed by atoms with van der Waals surface area (Å²) >= 11 is 15.9. The lowest BCUT2D eigenvalue weighted by Crippen LogP contribution is -2.03. The molecule has 0 aliphatic heterocycles. The molecule has 3 rings (SSSR count). The first-order chi connectivity index (χ1) is 10.2. The highest BCUT2D eigenvalue weighted by Crippen LogP contribution is 2.30. The van der Waals surface area contributed by atoms with Crippen molar-refractivity contribution in [3.05, 3.63) is 57.3 Å². The maximum atomic E-state index is 6.26. The van der Waals surface area contributed by atoms with Gasteiger partial charge in [0.25, 0.3) is 0 Å². The van der Waals surface area contributed by atoms with E-state index in [1.807, 2.05) is 24.3 Å². The lowest BCUT2D eigenvalue weighted by Gasteiger charge is -2.13. The number of nitrogens with zero attached hydrogens (tertiary/aromatic N) is 2. The molecule has 0 saturated heterocycles. The summed E-state index contributed by atoms with van der Waals surface area (Å²) in [5.74, 6) is 1.14. The molecule has 2 nitrogen and oxygen atoms in total. The van der Waals surface area contributed by atoms with Crippen molar-refractivity contribution in [2.45, 2.75) is 19.2 Å². The average molecular weight is 384 g/mol. The van der Waals surface area contributed by atoms with Crippen LogP contribution < -0.4 is 0 Å². The van der Waals surface area contributed by atoms with E-state index < -0.39 is 0 Å². The molecule has 5 heteroatoms. The van der Waals surface area contributed by atoms with Gasteiger partial charge in [-0.1, -0.05) is 40.5 Å². The molecular formula is C16H13BrCl2N2. The molecule has 2 aromatic carbocycles. The normalized spacial score (nSPS) is 11.2. The Bertz CT molecular complexity index is 811. The minimum absolute atomic E-state index is 0.338. The predicted octanol–water partition coefficient (Wildman–Crippen LogP) is 5.74. The molecule has 0 fully saturated rings. The molecule has 0 spiro atoms. The Balaban J connectivity index is 2.36. The smallest absolute Gasteiger partial charge is 0.129 e. The van der Waals surface area contributed by atoms with Gasteiger partial charge in [-0.2, -0.15) is 0 Å². The Kier molecular flexibility index (Phi) is 4.25. The van der Waals surface area contributed by atoms with Gasteiger partial charge in [-0.05, 0) is 42.3 Å². The van der Waals surface area contributed by atoms with Crippen molar-refractivity contribution in [1.29, 1.82) is 0 Å². The number of fused-ring (bicyclic) bond motifs is 1. The Morgan fingerprint density at radius 3 is 2.76 bits per heavy atom. The molecule has 0 amide bonds. The monoisotopic (exact) mass is 382 g/mol. The van der Waals surface area contributed by atoms with Crippen molar-refractivity contribution in [1.82, 2.24) is 9.55 Å². The average Bonchev–Trinajstić information content (AvgIpc) is 2.87. The van der Waals surface area contributed by atoms with E-state index in [9.17, 15) is 0 Å². The first-order valence-electron chi connectivity index (χ1n) is 6.66. The van der Waals surface area contributed by atoms with Crippen LogP contribution in [-0.2, 0) is 12.3 Å². The second-order valence-corrected chi connectivity index (χ2v) is 6.32. The zero-order valence-electron chi connectivity index (χ0n) is 11.4. The Morgan fingerprint density at radius 1 is 1.24 bits per heavy atom. The van der Waals surface area contributed by atoms with Crippen LogP contribution in [0.25, 0.3) is 16.7 Å². The zero-order chi connectivity index (χ0) is 15.0. The standard InChI is InChI=1S/C16H13BrCl2N2/c1-2-10-8-11(17)6-7-13(10)21-14-5-3-4-12(19)16(14)20-15(21)9-18/h3-8H,2,9H2,1H3. The Morgan fingerprint density at radius 2 is 2.05 bits per heavy atom. The van der Waals surface area contributed by atoms with Crippen molar-refractivity contribution < 1.29 is 0 Å².